The fraction of sp³-hybridized carbons (Fsp3) is 0.100. The number of anilines is 3. The van der Waals surface area contributed by atoms with Gasteiger partial charge in [0.1, 0.15) is 0 Å². The van der Waals surface area contributed by atoms with Gasteiger partial charge in [0.15, 0.2) is 5.13 Å². The standard InChI is InChI=1S/C20H18N4O3S/c1-12(25)21-16-8-6-14(7-9-16)18-11-28-20(23-18)24-19(27)15-4-3-5-17(10-15)22-13(2)26/h3-11H,1-2H3,(H,21,25)(H,22,26)(H,23,24,27). The largest absolute Gasteiger partial charge is 0.326 e. The Morgan fingerprint density at radius 2 is 1.54 bits per heavy atom. The highest BCUT2D eigenvalue weighted by atomic mass is 32.1. The smallest absolute Gasteiger partial charge is 0.257 e. The summed E-state index contributed by atoms with van der Waals surface area (Å²) in [5.41, 5.74) is 3.28. The molecule has 0 aliphatic heterocycles. The second-order valence-electron chi connectivity index (χ2n) is 6.01. The Bertz CT molecular complexity index is 1030. The van der Waals surface area contributed by atoms with E-state index in [0.717, 1.165) is 11.3 Å². The maximum atomic E-state index is 12.4. The van der Waals surface area contributed by atoms with Gasteiger partial charge in [0.2, 0.25) is 11.8 Å². The quantitative estimate of drug-likeness (QED) is 0.609. The number of carbonyl (C=O) groups excluding carboxylic acids is 3. The van der Waals surface area contributed by atoms with Crippen LogP contribution in [0.2, 0.25) is 0 Å². The average molecular weight is 394 g/mol. The second-order valence-corrected chi connectivity index (χ2v) is 6.87. The molecule has 0 saturated heterocycles. The Labute approximate surface area is 165 Å². The summed E-state index contributed by atoms with van der Waals surface area (Å²) < 4.78 is 0. The summed E-state index contributed by atoms with van der Waals surface area (Å²) in [4.78, 5) is 39.1. The van der Waals surface area contributed by atoms with Crippen LogP contribution >= 0.6 is 11.3 Å². The van der Waals surface area contributed by atoms with E-state index < -0.39 is 0 Å². The van der Waals surface area contributed by atoms with Gasteiger partial charge in [-0.05, 0) is 30.3 Å². The topological polar surface area (TPSA) is 100 Å². The predicted octanol–water partition coefficient (Wildman–Crippen LogP) is 3.98. The molecule has 0 spiro atoms. The number of hydrogen-bond donors (Lipinski definition) is 3. The molecule has 0 saturated carbocycles. The van der Waals surface area contributed by atoms with Crippen molar-refractivity contribution in [2.45, 2.75) is 13.8 Å². The molecule has 1 heterocycles. The summed E-state index contributed by atoms with van der Waals surface area (Å²) in [5, 5.41) is 10.4. The highest BCUT2D eigenvalue weighted by Gasteiger charge is 2.11. The molecule has 142 valence electrons. The molecule has 0 fully saturated rings. The van der Waals surface area contributed by atoms with Crippen LogP contribution in [0.1, 0.15) is 24.2 Å². The summed E-state index contributed by atoms with van der Waals surface area (Å²) >= 11 is 1.31. The fourth-order valence-corrected chi connectivity index (χ4v) is 3.22. The highest BCUT2D eigenvalue weighted by Crippen LogP contribution is 2.26. The van der Waals surface area contributed by atoms with Gasteiger partial charge in [0.05, 0.1) is 5.69 Å². The summed E-state index contributed by atoms with van der Waals surface area (Å²) in [6.07, 6.45) is 0. The molecule has 1 aromatic heterocycles. The molecule has 0 radical (unpaired) electrons. The molecule has 3 rings (SSSR count). The van der Waals surface area contributed by atoms with Gasteiger partial charge in [0, 0.05) is 41.7 Å². The zero-order valence-corrected chi connectivity index (χ0v) is 16.1. The van der Waals surface area contributed by atoms with Crippen molar-refractivity contribution >= 4 is 45.6 Å². The van der Waals surface area contributed by atoms with Crippen LogP contribution in [0.25, 0.3) is 11.3 Å². The van der Waals surface area contributed by atoms with Gasteiger partial charge < -0.3 is 10.6 Å². The van der Waals surface area contributed by atoms with E-state index in [1.807, 2.05) is 17.5 Å². The minimum Gasteiger partial charge on any atom is -0.326 e. The monoisotopic (exact) mass is 394 g/mol. The van der Waals surface area contributed by atoms with Gasteiger partial charge >= 0.3 is 0 Å². The van der Waals surface area contributed by atoms with Crippen molar-refractivity contribution < 1.29 is 14.4 Å². The van der Waals surface area contributed by atoms with Crippen molar-refractivity contribution in [2.24, 2.45) is 0 Å². The zero-order valence-electron chi connectivity index (χ0n) is 15.3. The molecule has 8 heteroatoms. The van der Waals surface area contributed by atoms with Gasteiger partial charge in [-0.25, -0.2) is 4.98 Å². The average Bonchev–Trinajstić information content (AvgIpc) is 3.10. The number of hydrogen-bond acceptors (Lipinski definition) is 5. The molecule has 7 nitrogen and oxygen atoms in total. The maximum absolute atomic E-state index is 12.4. The summed E-state index contributed by atoms with van der Waals surface area (Å²) in [6.45, 7) is 2.86. The molecule has 0 bridgehead atoms. The molecular formula is C20H18N4O3S. The minimum absolute atomic E-state index is 0.131. The normalized spacial score (nSPS) is 10.2. The number of rotatable bonds is 5. The van der Waals surface area contributed by atoms with E-state index in [2.05, 4.69) is 20.9 Å². The first kappa shape index (κ1) is 19.2. The van der Waals surface area contributed by atoms with Gasteiger partial charge in [0.25, 0.3) is 5.91 Å². The first-order chi connectivity index (χ1) is 13.4. The van der Waals surface area contributed by atoms with Gasteiger partial charge in [-0.2, -0.15) is 0 Å². The van der Waals surface area contributed by atoms with Gasteiger partial charge in [-0.1, -0.05) is 18.2 Å². The van der Waals surface area contributed by atoms with E-state index in [0.29, 0.717) is 22.1 Å². The number of benzene rings is 2. The molecule has 28 heavy (non-hydrogen) atoms. The molecule has 0 aliphatic carbocycles. The van der Waals surface area contributed by atoms with Gasteiger partial charge in [-0.15, -0.1) is 11.3 Å². The zero-order chi connectivity index (χ0) is 20.1. The molecule has 0 aliphatic rings. The van der Waals surface area contributed by atoms with Crippen molar-refractivity contribution in [2.75, 3.05) is 16.0 Å². The number of nitrogens with one attached hydrogen (secondary N) is 3. The summed E-state index contributed by atoms with van der Waals surface area (Å²) in [7, 11) is 0. The Balaban J connectivity index is 1.69. The molecular weight excluding hydrogens is 376 g/mol. The van der Waals surface area contributed by atoms with Crippen LogP contribution in [0.15, 0.2) is 53.9 Å². The number of nitrogens with zero attached hydrogens (tertiary/aromatic N) is 1. The Morgan fingerprint density at radius 1 is 0.857 bits per heavy atom. The molecule has 0 unspecified atom stereocenters. The van der Waals surface area contributed by atoms with E-state index in [-0.39, 0.29) is 17.7 Å². The molecule has 3 aromatic rings. The second kappa shape index (κ2) is 8.45. The van der Waals surface area contributed by atoms with Crippen molar-refractivity contribution in [3.05, 3.63) is 59.5 Å². The lowest BCUT2D eigenvalue weighted by molar-refractivity contribution is -0.115. The van der Waals surface area contributed by atoms with E-state index in [1.165, 1.54) is 25.2 Å². The van der Waals surface area contributed by atoms with Crippen LogP contribution in [0.3, 0.4) is 0 Å². The maximum Gasteiger partial charge on any atom is 0.257 e. The lowest BCUT2D eigenvalue weighted by Crippen LogP contribution is -2.13. The number of amides is 3. The van der Waals surface area contributed by atoms with Gasteiger partial charge in [-0.3, -0.25) is 19.7 Å². The summed E-state index contributed by atoms with van der Waals surface area (Å²) in [6, 6.07) is 14.0. The first-order valence-electron chi connectivity index (χ1n) is 8.43. The van der Waals surface area contributed by atoms with E-state index in [4.69, 9.17) is 0 Å². The van der Waals surface area contributed by atoms with Crippen LogP contribution in [-0.2, 0) is 9.59 Å². The lowest BCUT2D eigenvalue weighted by Gasteiger charge is -2.05. The Kier molecular flexibility index (Phi) is 5.81. The van der Waals surface area contributed by atoms with Crippen LogP contribution in [0, 0.1) is 0 Å². The number of thiazole rings is 1. The molecule has 3 amide bonds. The SMILES string of the molecule is CC(=O)Nc1ccc(-c2csc(NC(=O)c3cccc(NC(C)=O)c3)n2)cc1. The van der Waals surface area contributed by atoms with Crippen LogP contribution in [0.4, 0.5) is 16.5 Å². The predicted molar refractivity (Wildman–Crippen MR) is 111 cm³/mol. The summed E-state index contributed by atoms with van der Waals surface area (Å²) in [5.74, 6) is -0.644. The third kappa shape index (κ3) is 5.01. The van der Waals surface area contributed by atoms with Crippen LogP contribution < -0.4 is 16.0 Å². The van der Waals surface area contributed by atoms with Crippen molar-refractivity contribution in [3.63, 3.8) is 0 Å². The number of aromatic nitrogens is 1. The molecule has 3 N–H and O–H groups in total. The van der Waals surface area contributed by atoms with Crippen molar-refractivity contribution in [3.8, 4) is 11.3 Å². The minimum atomic E-state index is -0.311. The van der Waals surface area contributed by atoms with Crippen LogP contribution in [0.5, 0.6) is 0 Å². The third-order valence-electron chi connectivity index (χ3n) is 3.67. The van der Waals surface area contributed by atoms with E-state index >= 15 is 0 Å². The first-order valence-corrected chi connectivity index (χ1v) is 9.31. The van der Waals surface area contributed by atoms with E-state index in [1.54, 1.807) is 36.4 Å². The lowest BCUT2D eigenvalue weighted by atomic mass is 10.1. The van der Waals surface area contributed by atoms with Crippen molar-refractivity contribution in [1.82, 2.24) is 4.98 Å². The Hall–Kier alpha value is -3.52. The molecule has 2 aromatic carbocycles. The van der Waals surface area contributed by atoms with Crippen LogP contribution in [-0.4, -0.2) is 22.7 Å². The fourth-order valence-electron chi connectivity index (χ4n) is 2.50. The van der Waals surface area contributed by atoms with Crippen molar-refractivity contribution in [1.29, 1.82) is 0 Å². The molecule has 0 atom stereocenters. The third-order valence-corrected chi connectivity index (χ3v) is 4.43. The highest BCUT2D eigenvalue weighted by molar-refractivity contribution is 7.14. The Morgan fingerprint density at radius 3 is 2.21 bits per heavy atom. The number of carbonyl (C=O) groups is 3. The van der Waals surface area contributed by atoms with E-state index in [9.17, 15) is 14.4 Å².